The Morgan fingerprint density at radius 1 is 1.08 bits per heavy atom. The van der Waals surface area contributed by atoms with Crippen LogP contribution in [0.4, 0.5) is 4.39 Å². The largest absolute Gasteiger partial charge is 0.494 e. The van der Waals surface area contributed by atoms with Crippen LogP contribution in [0.25, 0.3) is 0 Å². The zero-order valence-electron chi connectivity index (χ0n) is 13.5. The molecule has 0 atom stereocenters. The predicted octanol–water partition coefficient (Wildman–Crippen LogP) is 4.03. The number of thioether (sulfide) groups is 1. The number of carbonyl (C=O) groups excluding carboxylic acids is 1. The van der Waals surface area contributed by atoms with Crippen molar-refractivity contribution >= 4 is 17.7 Å². The van der Waals surface area contributed by atoms with E-state index in [0.717, 1.165) is 11.5 Å². The molecule has 0 aromatic heterocycles. The van der Waals surface area contributed by atoms with E-state index >= 15 is 0 Å². The number of para-hydroxylation sites is 1. The lowest BCUT2D eigenvalue weighted by molar-refractivity contribution is -0.121. The average Bonchev–Trinajstić information content (AvgIpc) is 2.61. The molecule has 0 heterocycles. The maximum atomic E-state index is 13.4. The predicted molar refractivity (Wildman–Crippen MR) is 96.7 cm³/mol. The van der Waals surface area contributed by atoms with Crippen LogP contribution in [0, 0.1) is 5.82 Å². The van der Waals surface area contributed by atoms with Gasteiger partial charge in [0.15, 0.2) is 0 Å². The molecule has 0 spiro atoms. The van der Waals surface area contributed by atoms with Crippen LogP contribution in [0.3, 0.4) is 0 Å². The minimum Gasteiger partial charge on any atom is -0.494 e. The number of ether oxygens (including phenoxy) is 1. The highest BCUT2D eigenvalue weighted by Crippen LogP contribution is 2.14. The topological polar surface area (TPSA) is 38.3 Å². The molecule has 2 aromatic carbocycles. The third kappa shape index (κ3) is 7.04. The summed E-state index contributed by atoms with van der Waals surface area (Å²) in [5.74, 6) is 2.06. The highest BCUT2D eigenvalue weighted by atomic mass is 32.2. The first kappa shape index (κ1) is 18.3. The van der Waals surface area contributed by atoms with Crippen molar-refractivity contribution in [3.05, 3.63) is 66.0 Å². The van der Waals surface area contributed by atoms with Crippen LogP contribution in [-0.4, -0.2) is 24.8 Å². The molecule has 2 rings (SSSR count). The zero-order valence-corrected chi connectivity index (χ0v) is 14.4. The molecule has 0 aliphatic rings. The number of amides is 1. The van der Waals surface area contributed by atoms with Crippen molar-refractivity contribution in [2.75, 3.05) is 18.9 Å². The number of benzene rings is 2. The number of hydrogen-bond acceptors (Lipinski definition) is 3. The third-order valence-electron chi connectivity index (χ3n) is 3.34. The first-order valence-corrected chi connectivity index (χ1v) is 9.17. The molecule has 1 amide bonds. The Bertz CT molecular complexity index is 622. The molecule has 0 bridgehead atoms. The molecule has 1 N–H and O–H groups in total. The summed E-state index contributed by atoms with van der Waals surface area (Å²) in [5, 5.41) is 2.87. The Hall–Kier alpha value is -2.01. The van der Waals surface area contributed by atoms with Crippen LogP contribution >= 0.6 is 11.8 Å². The lowest BCUT2D eigenvalue weighted by Crippen LogP contribution is -2.25. The molecule has 0 unspecified atom stereocenters. The fourth-order valence-electron chi connectivity index (χ4n) is 2.09. The fraction of sp³-hybridized carbons (Fsp3) is 0.316. The van der Waals surface area contributed by atoms with Crippen LogP contribution in [0.1, 0.15) is 18.4 Å². The molecular weight excluding hydrogens is 325 g/mol. The van der Waals surface area contributed by atoms with Gasteiger partial charge in [-0.05, 0) is 30.2 Å². The van der Waals surface area contributed by atoms with Gasteiger partial charge in [0.1, 0.15) is 11.6 Å². The van der Waals surface area contributed by atoms with E-state index in [0.29, 0.717) is 37.3 Å². The molecule has 5 heteroatoms. The molecule has 128 valence electrons. The molecule has 3 nitrogen and oxygen atoms in total. The second-order valence-corrected chi connectivity index (χ2v) is 6.36. The molecule has 2 aromatic rings. The molecule has 24 heavy (non-hydrogen) atoms. The van der Waals surface area contributed by atoms with Crippen molar-refractivity contribution in [1.82, 2.24) is 5.32 Å². The second-order valence-electron chi connectivity index (χ2n) is 5.26. The third-order valence-corrected chi connectivity index (χ3v) is 4.35. The number of carbonyl (C=O) groups is 1. The summed E-state index contributed by atoms with van der Waals surface area (Å²) in [5.41, 5.74) is 0.701. The van der Waals surface area contributed by atoms with Crippen LogP contribution < -0.4 is 10.1 Å². The summed E-state index contributed by atoms with van der Waals surface area (Å²) in [6.45, 7) is 1.12. The maximum absolute atomic E-state index is 13.4. The number of hydrogen-bond donors (Lipinski definition) is 1. The Kier molecular flexibility index (Phi) is 8.18. The fourth-order valence-corrected chi connectivity index (χ4v) is 2.93. The van der Waals surface area contributed by atoms with Gasteiger partial charge in [0, 0.05) is 24.5 Å². The van der Waals surface area contributed by atoms with Gasteiger partial charge >= 0.3 is 0 Å². The van der Waals surface area contributed by atoms with Gasteiger partial charge in [0.05, 0.1) is 6.61 Å². The van der Waals surface area contributed by atoms with Crippen LogP contribution in [0.15, 0.2) is 54.6 Å². The van der Waals surface area contributed by atoms with Gasteiger partial charge in [-0.15, -0.1) is 0 Å². The summed E-state index contributed by atoms with van der Waals surface area (Å²) in [7, 11) is 0. The van der Waals surface area contributed by atoms with Gasteiger partial charge in [-0.1, -0.05) is 36.4 Å². The van der Waals surface area contributed by atoms with Crippen molar-refractivity contribution in [3.8, 4) is 5.75 Å². The SMILES string of the molecule is O=C(CCCOc1ccccc1)NCCSCc1ccccc1F. The van der Waals surface area contributed by atoms with E-state index in [9.17, 15) is 9.18 Å². The average molecular weight is 347 g/mol. The van der Waals surface area contributed by atoms with Gasteiger partial charge in [-0.25, -0.2) is 4.39 Å². The first-order chi connectivity index (χ1) is 11.8. The van der Waals surface area contributed by atoms with Gasteiger partial charge in [0.2, 0.25) is 5.91 Å². The summed E-state index contributed by atoms with van der Waals surface area (Å²) in [6.07, 6.45) is 1.13. The standard InChI is InChI=1S/C19H22FNO2S/c20-18-10-5-4-7-16(18)15-24-14-12-21-19(22)11-6-13-23-17-8-2-1-3-9-17/h1-5,7-10H,6,11-15H2,(H,21,22). The highest BCUT2D eigenvalue weighted by Gasteiger charge is 2.03. The van der Waals surface area contributed by atoms with Crippen molar-refractivity contribution in [2.45, 2.75) is 18.6 Å². The lowest BCUT2D eigenvalue weighted by Gasteiger charge is -2.07. The molecule has 0 aliphatic heterocycles. The quantitative estimate of drug-likeness (QED) is 0.659. The van der Waals surface area contributed by atoms with Crippen LogP contribution in [0.2, 0.25) is 0 Å². The summed E-state index contributed by atoms with van der Waals surface area (Å²) in [4.78, 5) is 11.7. The van der Waals surface area contributed by atoms with E-state index in [1.165, 1.54) is 6.07 Å². The van der Waals surface area contributed by atoms with E-state index in [1.54, 1.807) is 23.9 Å². The maximum Gasteiger partial charge on any atom is 0.220 e. The van der Waals surface area contributed by atoms with Gasteiger partial charge in [-0.2, -0.15) is 11.8 Å². The second kappa shape index (κ2) is 10.7. The van der Waals surface area contributed by atoms with Crippen molar-refractivity contribution in [3.63, 3.8) is 0 Å². The number of nitrogens with one attached hydrogen (secondary N) is 1. The minimum absolute atomic E-state index is 0.0261. The van der Waals surface area contributed by atoms with Gasteiger partial charge < -0.3 is 10.1 Å². The van der Waals surface area contributed by atoms with E-state index < -0.39 is 0 Å². The van der Waals surface area contributed by atoms with Crippen molar-refractivity contribution in [2.24, 2.45) is 0 Å². The summed E-state index contributed by atoms with van der Waals surface area (Å²) < 4.78 is 19.0. The van der Waals surface area contributed by atoms with Crippen LogP contribution in [0.5, 0.6) is 5.75 Å². The van der Waals surface area contributed by atoms with E-state index in [4.69, 9.17) is 4.74 Å². The highest BCUT2D eigenvalue weighted by molar-refractivity contribution is 7.98. The molecular formula is C19H22FNO2S. The van der Waals surface area contributed by atoms with E-state index in [1.807, 2.05) is 36.4 Å². The van der Waals surface area contributed by atoms with Gasteiger partial charge in [-0.3, -0.25) is 4.79 Å². The summed E-state index contributed by atoms with van der Waals surface area (Å²) in [6, 6.07) is 16.3. The lowest BCUT2D eigenvalue weighted by atomic mass is 10.2. The Morgan fingerprint density at radius 3 is 2.62 bits per heavy atom. The number of rotatable bonds is 10. The Labute approximate surface area is 146 Å². The molecule has 0 fully saturated rings. The molecule has 0 aliphatic carbocycles. The van der Waals surface area contributed by atoms with Crippen molar-refractivity contribution in [1.29, 1.82) is 0 Å². The van der Waals surface area contributed by atoms with Gasteiger partial charge in [0.25, 0.3) is 0 Å². The Morgan fingerprint density at radius 2 is 1.83 bits per heavy atom. The monoisotopic (exact) mass is 347 g/mol. The van der Waals surface area contributed by atoms with Crippen LogP contribution in [-0.2, 0) is 10.5 Å². The molecule has 0 saturated carbocycles. The smallest absolute Gasteiger partial charge is 0.220 e. The minimum atomic E-state index is -0.174. The van der Waals surface area contributed by atoms with E-state index in [-0.39, 0.29) is 11.7 Å². The Balaban J connectivity index is 1.48. The van der Waals surface area contributed by atoms with Crippen molar-refractivity contribution < 1.29 is 13.9 Å². The summed E-state index contributed by atoms with van der Waals surface area (Å²) >= 11 is 1.61. The molecule has 0 saturated heterocycles. The van der Waals surface area contributed by atoms with E-state index in [2.05, 4.69) is 5.32 Å². The number of halogens is 1. The molecule has 0 radical (unpaired) electrons. The first-order valence-electron chi connectivity index (χ1n) is 8.01. The normalized spacial score (nSPS) is 10.4. The zero-order chi connectivity index (χ0) is 17.0.